The Hall–Kier alpha value is -1.13. The van der Waals surface area contributed by atoms with Gasteiger partial charge in [0.05, 0.1) is 5.69 Å². The van der Waals surface area contributed by atoms with Crippen molar-refractivity contribution in [3.8, 4) is 0 Å². The van der Waals surface area contributed by atoms with Crippen LogP contribution in [0, 0.1) is 5.82 Å². The molecule has 2 rings (SSSR count). The Morgan fingerprint density at radius 2 is 2.15 bits per heavy atom. The largest absolute Gasteiger partial charge is 0.366 e. The van der Waals surface area contributed by atoms with Crippen molar-refractivity contribution < 1.29 is 4.39 Å². The summed E-state index contributed by atoms with van der Waals surface area (Å²) in [5, 5.41) is 3.38. The Labute approximate surface area is 121 Å². The summed E-state index contributed by atoms with van der Waals surface area (Å²) in [6.45, 7) is 9.99. The predicted molar refractivity (Wildman–Crippen MR) is 82.8 cm³/mol. The van der Waals surface area contributed by atoms with E-state index < -0.39 is 0 Å². The van der Waals surface area contributed by atoms with E-state index in [9.17, 15) is 4.39 Å². The maximum atomic E-state index is 14.4. The van der Waals surface area contributed by atoms with Gasteiger partial charge in [-0.15, -0.1) is 0 Å². The van der Waals surface area contributed by atoms with E-state index in [0.717, 1.165) is 37.4 Å². The molecule has 1 aromatic carbocycles. The first-order chi connectivity index (χ1) is 9.54. The first-order valence-corrected chi connectivity index (χ1v) is 7.51. The fourth-order valence-corrected chi connectivity index (χ4v) is 2.88. The summed E-state index contributed by atoms with van der Waals surface area (Å²) < 4.78 is 14.4. The standard InChI is InChI=1S/C16H26FN3/c1-5-18-13(3)14-7-6-8-15(17)16(14)20-10-9-19(4)12(2)11-20/h6-8,12-13,18H,5,9-11H2,1-4H3. The van der Waals surface area contributed by atoms with Crippen LogP contribution in [0.5, 0.6) is 0 Å². The molecule has 1 N–H and O–H groups in total. The maximum Gasteiger partial charge on any atom is 0.146 e. The first kappa shape index (κ1) is 15.3. The summed E-state index contributed by atoms with van der Waals surface area (Å²) >= 11 is 0. The molecule has 3 nitrogen and oxygen atoms in total. The van der Waals surface area contributed by atoms with Crippen LogP contribution in [0.15, 0.2) is 18.2 Å². The minimum Gasteiger partial charge on any atom is -0.366 e. The van der Waals surface area contributed by atoms with Crippen molar-refractivity contribution in [1.29, 1.82) is 0 Å². The van der Waals surface area contributed by atoms with Gasteiger partial charge in [0.25, 0.3) is 0 Å². The van der Waals surface area contributed by atoms with Crippen molar-refractivity contribution in [2.45, 2.75) is 32.9 Å². The Morgan fingerprint density at radius 1 is 1.40 bits per heavy atom. The fraction of sp³-hybridized carbons (Fsp3) is 0.625. The molecule has 0 aliphatic carbocycles. The summed E-state index contributed by atoms with van der Waals surface area (Å²) in [5.41, 5.74) is 1.84. The number of benzene rings is 1. The lowest BCUT2D eigenvalue weighted by atomic mass is 10.0. The molecule has 0 radical (unpaired) electrons. The van der Waals surface area contributed by atoms with Crippen molar-refractivity contribution in [3.05, 3.63) is 29.6 Å². The number of hydrogen-bond donors (Lipinski definition) is 1. The van der Waals surface area contributed by atoms with Gasteiger partial charge < -0.3 is 15.1 Å². The zero-order valence-corrected chi connectivity index (χ0v) is 13.0. The molecule has 1 saturated heterocycles. The number of likely N-dealkylation sites (N-methyl/N-ethyl adjacent to an activating group) is 1. The van der Waals surface area contributed by atoms with Crippen LogP contribution >= 0.6 is 0 Å². The molecule has 1 aliphatic rings. The van der Waals surface area contributed by atoms with Gasteiger partial charge >= 0.3 is 0 Å². The molecule has 112 valence electrons. The van der Waals surface area contributed by atoms with Gasteiger partial charge in [-0.3, -0.25) is 0 Å². The van der Waals surface area contributed by atoms with Gasteiger partial charge in [-0.25, -0.2) is 4.39 Å². The van der Waals surface area contributed by atoms with Crippen LogP contribution in [-0.2, 0) is 0 Å². The summed E-state index contributed by atoms with van der Waals surface area (Å²) in [7, 11) is 2.13. The predicted octanol–water partition coefficient (Wildman–Crippen LogP) is 2.64. The highest BCUT2D eigenvalue weighted by Crippen LogP contribution is 2.30. The molecule has 0 amide bonds. The lowest BCUT2D eigenvalue weighted by molar-refractivity contribution is 0.233. The van der Waals surface area contributed by atoms with Gasteiger partial charge in [0.1, 0.15) is 5.82 Å². The van der Waals surface area contributed by atoms with Crippen LogP contribution in [0.4, 0.5) is 10.1 Å². The molecule has 4 heteroatoms. The highest BCUT2D eigenvalue weighted by atomic mass is 19.1. The molecular weight excluding hydrogens is 253 g/mol. The highest BCUT2D eigenvalue weighted by molar-refractivity contribution is 5.56. The smallest absolute Gasteiger partial charge is 0.146 e. The van der Waals surface area contributed by atoms with E-state index in [-0.39, 0.29) is 11.9 Å². The first-order valence-electron chi connectivity index (χ1n) is 7.51. The molecule has 1 aliphatic heterocycles. The molecule has 0 bridgehead atoms. The zero-order chi connectivity index (χ0) is 14.7. The number of rotatable bonds is 4. The summed E-state index contributed by atoms with van der Waals surface area (Å²) in [5.74, 6) is -0.107. The molecule has 1 heterocycles. The van der Waals surface area contributed by atoms with Crippen LogP contribution in [-0.4, -0.2) is 44.2 Å². The summed E-state index contributed by atoms with van der Waals surface area (Å²) in [6.07, 6.45) is 0. The lowest BCUT2D eigenvalue weighted by Gasteiger charge is -2.40. The monoisotopic (exact) mass is 279 g/mol. The number of nitrogens with zero attached hydrogens (tertiary/aromatic N) is 2. The minimum absolute atomic E-state index is 0.107. The van der Waals surface area contributed by atoms with Crippen molar-refractivity contribution >= 4 is 5.69 Å². The third-order valence-electron chi connectivity index (χ3n) is 4.27. The summed E-state index contributed by atoms with van der Waals surface area (Å²) in [4.78, 5) is 4.52. The Morgan fingerprint density at radius 3 is 2.80 bits per heavy atom. The molecule has 2 atom stereocenters. The van der Waals surface area contributed by atoms with Crippen LogP contribution < -0.4 is 10.2 Å². The van der Waals surface area contributed by atoms with Gasteiger partial charge in [-0.2, -0.15) is 0 Å². The maximum absolute atomic E-state index is 14.4. The van der Waals surface area contributed by atoms with E-state index in [1.165, 1.54) is 0 Å². The number of halogens is 1. The highest BCUT2D eigenvalue weighted by Gasteiger charge is 2.25. The van der Waals surface area contributed by atoms with Crippen LogP contribution in [0.3, 0.4) is 0 Å². The topological polar surface area (TPSA) is 18.5 Å². The Balaban J connectivity index is 2.30. The normalized spacial score (nSPS) is 22.1. The molecule has 2 unspecified atom stereocenters. The SMILES string of the molecule is CCNC(C)c1cccc(F)c1N1CCN(C)C(C)C1. The quantitative estimate of drug-likeness (QED) is 0.914. The van der Waals surface area contributed by atoms with E-state index in [4.69, 9.17) is 0 Å². The number of nitrogens with one attached hydrogen (secondary N) is 1. The van der Waals surface area contributed by atoms with E-state index in [1.807, 2.05) is 12.1 Å². The molecule has 0 spiro atoms. The lowest BCUT2D eigenvalue weighted by Crippen LogP contribution is -2.50. The minimum atomic E-state index is -0.107. The van der Waals surface area contributed by atoms with Gasteiger partial charge in [0, 0.05) is 31.7 Å². The fourth-order valence-electron chi connectivity index (χ4n) is 2.88. The second kappa shape index (κ2) is 6.55. The van der Waals surface area contributed by atoms with Crippen LogP contribution in [0.2, 0.25) is 0 Å². The number of para-hydroxylation sites is 1. The van der Waals surface area contributed by atoms with Crippen LogP contribution in [0.25, 0.3) is 0 Å². The molecule has 1 aromatic rings. The van der Waals surface area contributed by atoms with E-state index in [2.05, 4.69) is 42.9 Å². The second-order valence-corrected chi connectivity index (χ2v) is 5.73. The van der Waals surface area contributed by atoms with Gasteiger partial charge in [0.2, 0.25) is 0 Å². The second-order valence-electron chi connectivity index (χ2n) is 5.73. The number of piperazine rings is 1. The van der Waals surface area contributed by atoms with Gasteiger partial charge in [-0.05, 0) is 39.1 Å². The average Bonchev–Trinajstić information content (AvgIpc) is 2.42. The van der Waals surface area contributed by atoms with Crippen molar-refractivity contribution in [2.75, 3.05) is 38.1 Å². The molecule has 0 saturated carbocycles. The average molecular weight is 279 g/mol. The third kappa shape index (κ3) is 3.13. The summed E-state index contributed by atoms with van der Waals surface area (Å²) in [6, 6.07) is 6.03. The molecule has 20 heavy (non-hydrogen) atoms. The number of anilines is 1. The Kier molecular flexibility index (Phi) is 5.00. The van der Waals surface area contributed by atoms with Crippen LogP contribution in [0.1, 0.15) is 32.4 Å². The number of hydrogen-bond acceptors (Lipinski definition) is 3. The van der Waals surface area contributed by atoms with E-state index in [0.29, 0.717) is 6.04 Å². The van der Waals surface area contributed by atoms with E-state index in [1.54, 1.807) is 6.07 Å². The van der Waals surface area contributed by atoms with Crippen molar-refractivity contribution in [1.82, 2.24) is 10.2 Å². The van der Waals surface area contributed by atoms with Crippen molar-refractivity contribution in [2.24, 2.45) is 0 Å². The van der Waals surface area contributed by atoms with Gasteiger partial charge in [-0.1, -0.05) is 19.1 Å². The van der Waals surface area contributed by atoms with E-state index >= 15 is 0 Å². The molecule has 1 fully saturated rings. The van der Waals surface area contributed by atoms with Gasteiger partial charge in [0.15, 0.2) is 0 Å². The van der Waals surface area contributed by atoms with Crippen molar-refractivity contribution in [3.63, 3.8) is 0 Å². The Bertz CT molecular complexity index is 449. The zero-order valence-electron chi connectivity index (χ0n) is 13.0. The molecule has 0 aromatic heterocycles. The third-order valence-corrected chi connectivity index (χ3v) is 4.27. The molecular formula is C16H26FN3.